The van der Waals surface area contributed by atoms with E-state index in [9.17, 15) is 14.4 Å². The minimum absolute atomic E-state index is 0.0714. The Morgan fingerprint density at radius 3 is 2.38 bits per heavy atom. The van der Waals surface area contributed by atoms with Gasteiger partial charge in [0, 0.05) is 33.2 Å². The van der Waals surface area contributed by atoms with Crippen LogP contribution in [0.2, 0.25) is 0 Å². The summed E-state index contributed by atoms with van der Waals surface area (Å²) >= 11 is 0. The molecule has 1 N–H and O–H groups in total. The molecule has 1 aliphatic rings. The summed E-state index contributed by atoms with van der Waals surface area (Å²) in [6, 6.07) is -0.539. The van der Waals surface area contributed by atoms with Crippen LogP contribution in [-0.2, 0) is 11.8 Å². The fraction of sp³-hybridized carbons (Fsp3) is 0.600. The maximum Gasteiger partial charge on any atom is 0.329 e. The molecule has 0 aliphatic carbocycles. The molecular weight excluding hydrogens is 312 g/mol. The highest BCUT2D eigenvalue weighted by molar-refractivity contribution is 5.84. The summed E-state index contributed by atoms with van der Waals surface area (Å²) in [5, 5.41) is 0. The lowest BCUT2D eigenvalue weighted by Crippen LogP contribution is -2.45. The van der Waals surface area contributed by atoms with Gasteiger partial charge in [0.05, 0.1) is 6.04 Å². The molecule has 2 aromatic rings. The van der Waals surface area contributed by atoms with Crippen molar-refractivity contribution in [3.8, 4) is 0 Å². The van der Waals surface area contributed by atoms with Crippen LogP contribution in [0.25, 0.3) is 11.2 Å². The van der Waals surface area contributed by atoms with Crippen LogP contribution in [0.15, 0.2) is 9.59 Å². The highest BCUT2D eigenvalue weighted by Gasteiger charge is 2.27. The molecule has 1 aliphatic heterocycles. The summed E-state index contributed by atoms with van der Waals surface area (Å²) in [6.45, 7) is 6.46. The number of aryl methyl sites for hydroxylation is 1. The number of likely N-dealkylation sites (N-methyl/N-ethyl adjacent to an activating group) is 1. The molecule has 2 aromatic heterocycles. The SMILES string of the molecule is CC(=O)C(C)n1c(N2CCN(C)CC2)nc2c1c(=O)[nH]c(=O)n2C. The number of carbonyl (C=O) groups excluding carboxylic acids is 1. The lowest BCUT2D eigenvalue weighted by molar-refractivity contribution is -0.119. The van der Waals surface area contributed by atoms with E-state index in [1.807, 2.05) is 7.05 Å². The number of piperazine rings is 1. The number of aromatic amines is 1. The Morgan fingerprint density at radius 1 is 1.17 bits per heavy atom. The smallest absolute Gasteiger partial charge is 0.329 e. The fourth-order valence-corrected chi connectivity index (χ4v) is 2.97. The van der Waals surface area contributed by atoms with Crippen molar-refractivity contribution in [3.63, 3.8) is 0 Å². The molecule has 130 valence electrons. The first-order chi connectivity index (χ1) is 11.3. The maximum absolute atomic E-state index is 12.4. The molecule has 1 saturated heterocycles. The van der Waals surface area contributed by atoms with Crippen LogP contribution in [0, 0.1) is 0 Å². The number of aromatic nitrogens is 4. The Balaban J connectivity index is 2.28. The van der Waals surface area contributed by atoms with Crippen LogP contribution in [-0.4, -0.2) is 63.0 Å². The van der Waals surface area contributed by atoms with E-state index < -0.39 is 17.3 Å². The topological polar surface area (TPSA) is 96.2 Å². The number of ketones is 1. The summed E-state index contributed by atoms with van der Waals surface area (Å²) in [5.74, 6) is 0.491. The number of H-pyrrole nitrogens is 1. The third kappa shape index (κ3) is 2.54. The number of fused-ring (bicyclic) bond motifs is 1. The van der Waals surface area contributed by atoms with Crippen molar-refractivity contribution in [3.05, 3.63) is 20.8 Å². The van der Waals surface area contributed by atoms with E-state index in [1.165, 1.54) is 11.5 Å². The van der Waals surface area contributed by atoms with Gasteiger partial charge in [-0.2, -0.15) is 4.98 Å². The number of hydrogen-bond acceptors (Lipinski definition) is 6. The van der Waals surface area contributed by atoms with Crippen LogP contribution in [0.5, 0.6) is 0 Å². The fourth-order valence-electron chi connectivity index (χ4n) is 2.97. The molecule has 0 aromatic carbocycles. The van der Waals surface area contributed by atoms with Gasteiger partial charge in [-0.1, -0.05) is 0 Å². The Morgan fingerprint density at radius 2 is 1.79 bits per heavy atom. The van der Waals surface area contributed by atoms with Crippen molar-refractivity contribution in [2.75, 3.05) is 38.1 Å². The monoisotopic (exact) mass is 334 g/mol. The van der Waals surface area contributed by atoms with Crippen molar-refractivity contribution >= 4 is 22.9 Å². The first kappa shape index (κ1) is 16.4. The zero-order valence-corrected chi connectivity index (χ0v) is 14.4. The molecule has 24 heavy (non-hydrogen) atoms. The lowest BCUT2D eigenvalue weighted by atomic mass is 10.2. The second kappa shape index (κ2) is 5.90. The lowest BCUT2D eigenvalue weighted by Gasteiger charge is -2.33. The highest BCUT2D eigenvalue weighted by Crippen LogP contribution is 2.25. The van der Waals surface area contributed by atoms with Crippen LogP contribution >= 0.6 is 0 Å². The molecule has 1 atom stereocenters. The molecule has 9 heteroatoms. The van der Waals surface area contributed by atoms with Gasteiger partial charge in [-0.15, -0.1) is 0 Å². The predicted molar refractivity (Wildman–Crippen MR) is 90.7 cm³/mol. The van der Waals surface area contributed by atoms with Crippen LogP contribution in [0.1, 0.15) is 19.9 Å². The summed E-state index contributed by atoms with van der Waals surface area (Å²) in [5.41, 5.74) is -0.480. The predicted octanol–water partition coefficient (Wildman–Crippen LogP) is -0.675. The van der Waals surface area contributed by atoms with E-state index in [0.717, 1.165) is 26.2 Å². The second-order valence-electron chi connectivity index (χ2n) is 6.35. The molecule has 0 saturated carbocycles. The third-order valence-corrected chi connectivity index (χ3v) is 4.69. The molecular formula is C15H22N6O3. The van der Waals surface area contributed by atoms with Crippen molar-refractivity contribution < 1.29 is 4.79 Å². The average Bonchev–Trinajstić information content (AvgIpc) is 2.93. The van der Waals surface area contributed by atoms with Gasteiger partial charge in [-0.25, -0.2) is 4.79 Å². The molecule has 3 rings (SSSR count). The molecule has 0 radical (unpaired) electrons. The van der Waals surface area contributed by atoms with Gasteiger partial charge in [-0.3, -0.25) is 23.7 Å². The average molecular weight is 334 g/mol. The number of nitrogens with zero attached hydrogens (tertiary/aromatic N) is 5. The van der Waals surface area contributed by atoms with Crippen LogP contribution in [0.3, 0.4) is 0 Å². The number of rotatable bonds is 3. The van der Waals surface area contributed by atoms with Gasteiger partial charge in [0.25, 0.3) is 5.56 Å². The Kier molecular flexibility index (Phi) is 4.04. The minimum Gasteiger partial charge on any atom is -0.340 e. The van der Waals surface area contributed by atoms with Gasteiger partial charge in [0.15, 0.2) is 16.9 Å². The van der Waals surface area contributed by atoms with Crippen molar-refractivity contribution in [2.24, 2.45) is 7.05 Å². The summed E-state index contributed by atoms with van der Waals surface area (Å²) in [6.07, 6.45) is 0. The zero-order valence-electron chi connectivity index (χ0n) is 14.4. The largest absolute Gasteiger partial charge is 0.340 e. The number of hydrogen-bond donors (Lipinski definition) is 1. The molecule has 3 heterocycles. The Bertz CT molecular complexity index is 900. The Labute approximate surface area is 138 Å². The third-order valence-electron chi connectivity index (χ3n) is 4.69. The summed E-state index contributed by atoms with van der Waals surface area (Å²) in [7, 11) is 3.61. The second-order valence-corrected chi connectivity index (χ2v) is 6.35. The van der Waals surface area contributed by atoms with E-state index in [2.05, 4.69) is 19.8 Å². The van der Waals surface area contributed by atoms with E-state index >= 15 is 0 Å². The summed E-state index contributed by atoms with van der Waals surface area (Å²) < 4.78 is 2.96. The number of nitrogens with one attached hydrogen (secondary N) is 1. The molecule has 9 nitrogen and oxygen atoms in total. The number of imidazole rings is 1. The number of carbonyl (C=O) groups is 1. The van der Waals surface area contributed by atoms with E-state index in [0.29, 0.717) is 11.6 Å². The quantitative estimate of drug-likeness (QED) is 0.799. The molecule has 0 amide bonds. The van der Waals surface area contributed by atoms with Crippen molar-refractivity contribution in [1.29, 1.82) is 0 Å². The standard InChI is InChI=1S/C15H22N6O3/c1-9(10(2)22)21-11-12(19(4)15(24)17-13(11)23)16-14(21)20-7-5-18(3)6-8-20/h9H,5-8H2,1-4H3,(H,17,23,24). The molecule has 1 unspecified atom stereocenters. The van der Waals surface area contributed by atoms with Crippen molar-refractivity contribution in [1.82, 2.24) is 24.0 Å². The number of anilines is 1. The molecule has 0 bridgehead atoms. The molecule has 1 fully saturated rings. The van der Waals surface area contributed by atoms with Gasteiger partial charge in [-0.05, 0) is 20.9 Å². The van der Waals surface area contributed by atoms with Crippen LogP contribution < -0.4 is 16.1 Å². The first-order valence-corrected chi connectivity index (χ1v) is 7.96. The maximum atomic E-state index is 12.4. The van der Waals surface area contributed by atoms with Gasteiger partial charge < -0.3 is 9.80 Å². The first-order valence-electron chi connectivity index (χ1n) is 7.96. The van der Waals surface area contributed by atoms with Gasteiger partial charge in [0.1, 0.15) is 0 Å². The van der Waals surface area contributed by atoms with E-state index in [4.69, 9.17) is 0 Å². The highest BCUT2D eigenvalue weighted by atomic mass is 16.2. The minimum atomic E-state index is -0.539. The van der Waals surface area contributed by atoms with Gasteiger partial charge >= 0.3 is 5.69 Å². The normalized spacial score (nSPS) is 17.4. The van der Waals surface area contributed by atoms with Gasteiger partial charge in [0.2, 0.25) is 5.95 Å². The molecule has 0 spiro atoms. The van der Waals surface area contributed by atoms with Crippen LogP contribution in [0.4, 0.5) is 5.95 Å². The van der Waals surface area contributed by atoms with Crippen molar-refractivity contribution in [2.45, 2.75) is 19.9 Å². The van der Waals surface area contributed by atoms with E-state index in [1.54, 1.807) is 18.5 Å². The summed E-state index contributed by atoms with van der Waals surface area (Å²) in [4.78, 5) is 47.3. The zero-order chi connectivity index (χ0) is 17.6. The number of Topliss-reactive ketones (excluding diaryl/α,β-unsaturated/α-hetero) is 1. The van der Waals surface area contributed by atoms with E-state index in [-0.39, 0.29) is 11.3 Å². The Hall–Kier alpha value is -2.42.